The van der Waals surface area contributed by atoms with Gasteiger partial charge in [0.05, 0.1) is 17.6 Å². The molecule has 22 heavy (non-hydrogen) atoms. The molecule has 1 aliphatic rings. The molecule has 0 spiro atoms. The van der Waals surface area contributed by atoms with E-state index in [-0.39, 0.29) is 5.60 Å². The molecule has 0 fully saturated rings. The van der Waals surface area contributed by atoms with Crippen molar-refractivity contribution in [3.8, 4) is 0 Å². The molecule has 0 saturated carbocycles. The predicted octanol–water partition coefficient (Wildman–Crippen LogP) is 2.23. The summed E-state index contributed by atoms with van der Waals surface area (Å²) in [6, 6.07) is 0. The molecule has 5 rings (SSSR count). The molecule has 7 nitrogen and oxygen atoms in total. The van der Waals surface area contributed by atoms with Gasteiger partial charge in [-0.3, -0.25) is 4.40 Å². The average molecular weight is 314 g/mol. The Morgan fingerprint density at radius 2 is 2.09 bits per heavy atom. The van der Waals surface area contributed by atoms with Crippen LogP contribution in [0.25, 0.3) is 21.6 Å². The van der Waals surface area contributed by atoms with Gasteiger partial charge in [0.25, 0.3) is 0 Å². The minimum Gasteiger partial charge on any atom is -0.369 e. The Hall–Kier alpha value is -2.06. The first-order valence-corrected chi connectivity index (χ1v) is 8.11. The van der Waals surface area contributed by atoms with Crippen LogP contribution in [0.3, 0.4) is 0 Å². The third-order valence-electron chi connectivity index (χ3n) is 4.66. The van der Waals surface area contributed by atoms with Gasteiger partial charge in [-0.25, -0.2) is 4.40 Å². The maximum Gasteiger partial charge on any atom is 0.243 e. The lowest BCUT2D eigenvalue weighted by atomic mass is 9.90. The highest BCUT2D eigenvalue weighted by Gasteiger charge is 2.33. The fourth-order valence-electron chi connectivity index (χ4n) is 3.18. The van der Waals surface area contributed by atoms with E-state index in [0.717, 1.165) is 34.5 Å². The van der Waals surface area contributed by atoms with Crippen LogP contribution in [0.4, 0.5) is 0 Å². The zero-order chi connectivity index (χ0) is 14.9. The average Bonchev–Trinajstić information content (AvgIpc) is 3.22. The van der Waals surface area contributed by atoms with Gasteiger partial charge in [-0.2, -0.15) is 0 Å². The van der Waals surface area contributed by atoms with Crippen LogP contribution in [0.15, 0.2) is 12.7 Å². The Labute approximate surface area is 129 Å². The van der Waals surface area contributed by atoms with Crippen LogP contribution in [-0.4, -0.2) is 34.8 Å². The summed E-state index contributed by atoms with van der Waals surface area (Å²) in [5.41, 5.74) is 2.08. The molecule has 0 aliphatic carbocycles. The Morgan fingerprint density at radius 1 is 1.27 bits per heavy atom. The lowest BCUT2D eigenvalue weighted by Gasteiger charge is -2.32. The molecule has 0 saturated heterocycles. The van der Waals surface area contributed by atoms with Crippen molar-refractivity contribution >= 4 is 33.0 Å². The Balaban J connectivity index is 1.95. The molecular weight excluding hydrogens is 300 g/mol. The third kappa shape index (κ3) is 1.43. The van der Waals surface area contributed by atoms with E-state index in [2.05, 4.69) is 34.2 Å². The maximum atomic E-state index is 6.08. The summed E-state index contributed by atoms with van der Waals surface area (Å²) < 4.78 is 10.0. The third-order valence-corrected chi connectivity index (χ3v) is 5.86. The van der Waals surface area contributed by atoms with Gasteiger partial charge < -0.3 is 4.74 Å². The van der Waals surface area contributed by atoms with Crippen molar-refractivity contribution in [1.29, 1.82) is 0 Å². The van der Waals surface area contributed by atoms with Crippen LogP contribution in [0.5, 0.6) is 0 Å². The summed E-state index contributed by atoms with van der Waals surface area (Å²) in [7, 11) is 0. The first-order chi connectivity index (χ1) is 10.7. The Morgan fingerprint density at radius 3 is 2.95 bits per heavy atom. The minimum atomic E-state index is -0.111. The number of aromatic nitrogens is 6. The lowest BCUT2D eigenvalue weighted by Crippen LogP contribution is -2.33. The topological polar surface area (TPSA) is 69.6 Å². The Kier molecular flexibility index (Phi) is 2.28. The minimum absolute atomic E-state index is 0.111. The molecule has 1 atom stereocenters. The molecule has 8 heteroatoms. The fraction of sp³-hybridized carbons (Fsp3) is 0.429. The summed E-state index contributed by atoms with van der Waals surface area (Å²) >= 11 is 1.74. The number of thiophene rings is 1. The van der Waals surface area contributed by atoms with Gasteiger partial charge in [0.15, 0.2) is 5.65 Å². The molecule has 4 aromatic rings. The standard InChI is InChI=1S/C14H14N6OS/c1-3-14(2)4-8-9(5-21-14)22-12-10(8)11-17-15-6-19(11)13-18-16-7-20(12)13/h6-7H,3-5H2,1-2H3/t14-/m1/s1. The molecule has 1 aliphatic heterocycles. The van der Waals surface area contributed by atoms with Crippen molar-refractivity contribution in [2.45, 2.75) is 38.9 Å². The van der Waals surface area contributed by atoms with Crippen LogP contribution in [-0.2, 0) is 17.8 Å². The highest BCUT2D eigenvalue weighted by molar-refractivity contribution is 7.19. The smallest absolute Gasteiger partial charge is 0.243 e. The number of rotatable bonds is 1. The summed E-state index contributed by atoms with van der Waals surface area (Å²) in [6.07, 6.45) is 5.33. The van der Waals surface area contributed by atoms with Gasteiger partial charge in [0.1, 0.15) is 17.5 Å². The number of fused-ring (bicyclic) bond motifs is 8. The molecule has 0 radical (unpaired) electrons. The summed E-state index contributed by atoms with van der Waals surface area (Å²) in [4.78, 5) is 2.39. The van der Waals surface area contributed by atoms with Gasteiger partial charge in [-0.05, 0) is 18.9 Å². The quantitative estimate of drug-likeness (QED) is 0.539. The van der Waals surface area contributed by atoms with Gasteiger partial charge in [0, 0.05) is 11.3 Å². The van der Waals surface area contributed by atoms with Crippen molar-refractivity contribution < 1.29 is 4.74 Å². The molecular formula is C14H14N6OS. The molecule has 112 valence electrons. The number of nitrogens with zero attached hydrogens (tertiary/aromatic N) is 6. The van der Waals surface area contributed by atoms with Crippen molar-refractivity contribution in [1.82, 2.24) is 29.2 Å². The van der Waals surface area contributed by atoms with E-state index >= 15 is 0 Å². The second-order valence-corrected chi connectivity index (χ2v) is 7.06. The number of ether oxygens (including phenoxy) is 1. The Bertz CT molecular complexity index is 1030. The van der Waals surface area contributed by atoms with Crippen LogP contribution >= 0.6 is 11.3 Å². The van der Waals surface area contributed by atoms with Crippen molar-refractivity contribution in [3.05, 3.63) is 23.1 Å². The summed E-state index contributed by atoms with van der Waals surface area (Å²) in [5.74, 6) is 0.741. The predicted molar refractivity (Wildman–Crippen MR) is 82.1 cm³/mol. The van der Waals surface area contributed by atoms with Crippen molar-refractivity contribution in [2.24, 2.45) is 0 Å². The second kappa shape index (κ2) is 4.02. The van der Waals surface area contributed by atoms with E-state index < -0.39 is 0 Å². The molecule has 0 amide bonds. The molecule has 0 unspecified atom stereocenters. The van der Waals surface area contributed by atoms with E-state index in [4.69, 9.17) is 4.74 Å². The molecule has 0 N–H and O–H groups in total. The molecule has 0 aromatic carbocycles. The van der Waals surface area contributed by atoms with Crippen LogP contribution in [0.2, 0.25) is 0 Å². The van der Waals surface area contributed by atoms with E-state index in [1.54, 1.807) is 24.0 Å². The van der Waals surface area contributed by atoms with Crippen LogP contribution < -0.4 is 0 Å². The van der Waals surface area contributed by atoms with Crippen molar-refractivity contribution in [3.63, 3.8) is 0 Å². The van der Waals surface area contributed by atoms with E-state index in [9.17, 15) is 0 Å². The van der Waals surface area contributed by atoms with E-state index in [0.29, 0.717) is 6.61 Å². The zero-order valence-electron chi connectivity index (χ0n) is 12.3. The van der Waals surface area contributed by atoms with Gasteiger partial charge >= 0.3 is 0 Å². The highest BCUT2D eigenvalue weighted by atomic mass is 32.1. The van der Waals surface area contributed by atoms with Gasteiger partial charge in [-0.15, -0.1) is 31.7 Å². The zero-order valence-corrected chi connectivity index (χ0v) is 13.1. The number of hydrogen-bond donors (Lipinski definition) is 0. The molecule has 4 aromatic heterocycles. The van der Waals surface area contributed by atoms with E-state index in [1.807, 2.05) is 8.80 Å². The second-order valence-electron chi connectivity index (χ2n) is 5.98. The van der Waals surface area contributed by atoms with Crippen molar-refractivity contribution in [2.75, 3.05) is 0 Å². The van der Waals surface area contributed by atoms with Crippen LogP contribution in [0, 0.1) is 0 Å². The summed E-state index contributed by atoms with van der Waals surface area (Å²) in [6.45, 7) is 5.00. The summed E-state index contributed by atoms with van der Waals surface area (Å²) in [5, 5.41) is 17.8. The monoisotopic (exact) mass is 314 g/mol. The number of hydrogen-bond acceptors (Lipinski definition) is 6. The lowest BCUT2D eigenvalue weighted by molar-refractivity contribution is -0.0542. The first-order valence-electron chi connectivity index (χ1n) is 7.30. The maximum absolute atomic E-state index is 6.08. The van der Waals surface area contributed by atoms with Crippen LogP contribution in [0.1, 0.15) is 30.7 Å². The molecule has 0 bridgehead atoms. The van der Waals surface area contributed by atoms with Gasteiger partial charge in [-0.1, -0.05) is 6.92 Å². The fourth-order valence-corrected chi connectivity index (χ4v) is 4.37. The molecule has 5 heterocycles. The van der Waals surface area contributed by atoms with E-state index in [1.165, 1.54) is 10.4 Å². The largest absolute Gasteiger partial charge is 0.369 e. The highest BCUT2D eigenvalue weighted by Crippen LogP contribution is 2.41. The normalized spacial score (nSPS) is 21.9. The van der Waals surface area contributed by atoms with Gasteiger partial charge in [0.2, 0.25) is 5.78 Å². The SMILES string of the molecule is CC[C@]1(C)Cc2c(sc3c2c2nncn2c2nncn32)CO1. The first kappa shape index (κ1) is 12.5.